The van der Waals surface area contributed by atoms with Gasteiger partial charge in [0.2, 0.25) is 5.95 Å². The predicted molar refractivity (Wildman–Crippen MR) is 155 cm³/mol. The van der Waals surface area contributed by atoms with Crippen LogP contribution >= 0.6 is 11.8 Å². The molecule has 6 rings (SSSR count). The molecule has 4 aromatic rings. The van der Waals surface area contributed by atoms with Crippen LogP contribution in [0.3, 0.4) is 0 Å². The summed E-state index contributed by atoms with van der Waals surface area (Å²) in [5.41, 5.74) is 10.1. The Morgan fingerprint density at radius 1 is 1.07 bits per heavy atom. The average Bonchev–Trinajstić information content (AvgIpc) is 3.42. The molecule has 41 heavy (non-hydrogen) atoms. The number of anilines is 2. The summed E-state index contributed by atoms with van der Waals surface area (Å²) in [5, 5.41) is 2.77. The van der Waals surface area contributed by atoms with Crippen LogP contribution in [0.2, 0.25) is 0 Å². The van der Waals surface area contributed by atoms with Gasteiger partial charge in [-0.15, -0.1) is 11.8 Å². The number of rotatable bonds is 8. The number of aromatic amines is 1. The van der Waals surface area contributed by atoms with Crippen molar-refractivity contribution >= 4 is 52.3 Å². The molecule has 1 amide bonds. The second-order valence-corrected chi connectivity index (χ2v) is 10.8. The molecule has 0 spiro atoms. The highest BCUT2D eigenvalue weighted by atomic mass is 32.2. The second-order valence-electron chi connectivity index (χ2n) is 9.70. The maximum atomic E-state index is 13.9. The van der Waals surface area contributed by atoms with Crippen LogP contribution in [-0.4, -0.2) is 56.5 Å². The Kier molecular flexibility index (Phi) is 7.10. The van der Waals surface area contributed by atoms with Crippen LogP contribution in [0.25, 0.3) is 11.0 Å². The van der Waals surface area contributed by atoms with Gasteiger partial charge in [0.15, 0.2) is 6.10 Å². The minimum Gasteiger partial charge on any atom is -0.461 e. The lowest BCUT2D eigenvalue weighted by Gasteiger charge is -2.49. The van der Waals surface area contributed by atoms with Crippen molar-refractivity contribution < 1.29 is 23.9 Å². The minimum absolute atomic E-state index is 0.101. The van der Waals surface area contributed by atoms with Crippen molar-refractivity contribution in [1.82, 2.24) is 14.9 Å². The average molecular weight is 570 g/mol. The van der Waals surface area contributed by atoms with E-state index >= 15 is 0 Å². The lowest BCUT2D eigenvalue weighted by Crippen LogP contribution is -2.68. The molecule has 2 atom stereocenters. The van der Waals surface area contributed by atoms with E-state index in [1.54, 1.807) is 6.07 Å². The number of nitrogens with zero attached hydrogens (tertiary/aromatic N) is 2. The third-order valence-electron chi connectivity index (χ3n) is 6.96. The normalized spacial score (nSPS) is 18.2. The third-order valence-corrected chi connectivity index (χ3v) is 8.30. The van der Waals surface area contributed by atoms with Crippen LogP contribution in [0.15, 0.2) is 90.1 Å². The van der Waals surface area contributed by atoms with Crippen molar-refractivity contribution in [1.29, 1.82) is 0 Å². The van der Waals surface area contributed by atoms with E-state index < -0.39 is 29.5 Å². The van der Waals surface area contributed by atoms with Crippen LogP contribution in [0.1, 0.15) is 24.2 Å². The number of H-pyrrole nitrogens is 1. The number of hydrogen-bond acceptors (Lipinski definition) is 9. The lowest BCUT2D eigenvalue weighted by atomic mass is 10.0. The van der Waals surface area contributed by atoms with E-state index in [1.165, 1.54) is 23.6 Å². The van der Waals surface area contributed by atoms with Gasteiger partial charge in [0.25, 0.3) is 5.91 Å². The molecule has 1 aromatic heterocycles. The van der Waals surface area contributed by atoms with Gasteiger partial charge in [0.1, 0.15) is 29.2 Å². The molecule has 0 aliphatic carbocycles. The summed E-state index contributed by atoms with van der Waals surface area (Å²) in [4.78, 5) is 48.1. The van der Waals surface area contributed by atoms with Crippen molar-refractivity contribution in [2.45, 2.75) is 24.4 Å². The molecular formula is C30H27N5O5S. The first-order valence-corrected chi connectivity index (χ1v) is 14.1. The monoisotopic (exact) mass is 569 g/mol. The summed E-state index contributed by atoms with van der Waals surface area (Å²) >= 11 is 1.47. The molecule has 0 saturated carbocycles. The molecule has 10 nitrogen and oxygen atoms in total. The SMILES string of the molecule is CC(=O)OCC1=C(C(=O)OC(c2ccccc2)c2ccccc2)N2C(=O)[C@@H](Nc3nc4c(N)cccc4[nH]3)C2SC1. The Morgan fingerprint density at radius 3 is 2.39 bits per heavy atom. The molecule has 11 heteroatoms. The summed E-state index contributed by atoms with van der Waals surface area (Å²) in [5.74, 6) is -0.693. The number of amides is 1. The Hall–Kier alpha value is -4.77. The maximum absolute atomic E-state index is 13.9. The van der Waals surface area contributed by atoms with Crippen LogP contribution in [-0.2, 0) is 23.9 Å². The molecular weight excluding hydrogens is 542 g/mol. The predicted octanol–water partition coefficient (Wildman–Crippen LogP) is 3.99. The zero-order chi connectivity index (χ0) is 28.5. The van der Waals surface area contributed by atoms with Crippen LogP contribution in [0, 0.1) is 0 Å². The third kappa shape index (κ3) is 5.11. The number of ether oxygens (including phenoxy) is 2. The van der Waals surface area contributed by atoms with E-state index in [0.717, 1.165) is 16.6 Å². The molecule has 1 fully saturated rings. The molecule has 3 aromatic carbocycles. The fraction of sp³-hybridized carbons (Fsp3) is 0.200. The van der Waals surface area contributed by atoms with Gasteiger partial charge in [0.05, 0.1) is 11.2 Å². The number of para-hydroxylation sites is 1. The highest BCUT2D eigenvalue weighted by molar-refractivity contribution is 8.00. The highest BCUT2D eigenvalue weighted by Gasteiger charge is 2.54. The molecule has 0 radical (unpaired) electrons. The summed E-state index contributed by atoms with van der Waals surface area (Å²) in [6.07, 6.45) is -0.702. The smallest absolute Gasteiger partial charge is 0.356 e. The number of β-lactam (4-membered cyclic amide) rings is 1. The standard InChI is InChI=1S/C30H27N5O5S/c1-17(36)39-15-20-16-41-28-24(34-30-32-22-14-8-13-21(31)23(22)33-30)27(37)35(28)25(20)29(38)40-26(18-9-4-2-5-10-18)19-11-6-3-7-12-19/h2-14,24,26,28H,15-16,31H2,1H3,(H2,32,33,34)/t24-,28?/m1/s1. The lowest BCUT2D eigenvalue weighted by molar-refractivity contribution is -0.152. The molecule has 1 saturated heterocycles. The van der Waals surface area contributed by atoms with Gasteiger partial charge in [-0.05, 0) is 23.3 Å². The first-order chi connectivity index (χ1) is 19.9. The van der Waals surface area contributed by atoms with Crippen LogP contribution in [0.4, 0.5) is 11.6 Å². The summed E-state index contributed by atoms with van der Waals surface area (Å²) in [6.45, 7) is 1.18. The van der Waals surface area contributed by atoms with E-state index in [-0.39, 0.29) is 18.2 Å². The zero-order valence-corrected chi connectivity index (χ0v) is 22.9. The van der Waals surface area contributed by atoms with Crippen molar-refractivity contribution in [2.24, 2.45) is 0 Å². The molecule has 2 aliphatic rings. The van der Waals surface area contributed by atoms with Gasteiger partial charge in [-0.3, -0.25) is 14.5 Å². The van der Waals surface area contributed by atoms with E-state index in [4.69, 9.17) is 15.2 Å². The summed E-state index contributed by atoms with van der Waals surface area (Å²) < 4.78 is 11.4. The van der Waals surface area contributed by atoms with Crippen molar-refractivity contribution in [2.75, 3.05) is 23.4 Å². The number of carbonyl (C=O) groups is 3. The highest BCUT2D eigenvalue weighted by Crippen LogP contribution is 2.42. The number of nitrogens with two attached hydrogens (primary N) is 1. The molecule has 3 heterocycles. The topological polar surface area (TPSA) is 140 Å². The minimum atomic E-state index is -0.702. The molecule has 1 unspecified atom stereocenters. The number of nitrogen functional groups attached to an aromatic ring is 1. The fourth-order valence-electron chi connectivity index (χ4n) is 4.99. The largest absolute Gasteiger partial charge is 0.461 e. The number of imidazole rings is 1. The van der Waals surface area contributed by atoms with Crippen molar-refractivity contribution in [3.8, 4) is 0 Å². The van der Waals surface area contributed by atoms with Gasteiger partial charge >= 0.3 is 11.9 Å². The Morgan fingerprint density at radius 2 is 1.76 bits per heavy atom. The second kappa shape index (κ2) is 11.0. The van der Waals surface area contributed by atoms with E-state index in [2.05, 4.69) is 15.3 Å². The summed E-state index contributed by atoms with van der Waals surface area (Å²) in [6, 6.07) is 23.6. The maximum Gasteiger partial charge on any atom is 0.356 e. The number of thioether (sulfide) groups is 1. The molecule has 0 bridgehead atoms. The Balaban J connectivity index is 1.29. The van der Waals surface area contributed by atoms with Gasteiger partial charge in [-0.1, -0.05) is 66.7 Å². The van der Waals surface area contributed by atoms with Gasteiger partial charge < -0.3 is 25.5 Å². The van der Waals surface area contributed by atoms with Gasteiger partial charge in [-0.25, -0.2) is 9.78 Å². The number of esters is 2. The number of nitrogens with one attached hydrogen (secondary N) is 2. The number of carbonyl (C=O) groups excluding carboxylic acids is 3. The van der Waals surface area contributed by atoms with Crippen LogP contribution in [0.5, 0.6) is 0 Å². The van der Waals surface area contributed by atoms with Gasteiger partial charge in [-0.2, -0.15) is 0 Å². The molecule has 208 valence electrons. The molecule has 4 N–H and O–H groups in total. The van der Waals surface area contributed by atoms with Crippen molar-refractivity contribution in [3.63, 3.8) is 0 Å². The Labute approximate surface area is 239 Å². The van der Waals surface area contributed by atoms with Crippen LogP contribution < -0.4 is 11.1 Å². The number of hydrogen-bond donors (Lipinski definition) is 3. The van der Waals surface area contributed by atoms with E-state index in [9.17, 15) is 14.4 Å². The first-order valence-electron chi connectivity index (χ1n) is 13.0. The summed E-state index contributed by atoms with van der Waals surface area (Å²) in [7, 11) is 0. The fourth-order valence-corrected chi connectivity index (χ4v) is 6.32. The van der Waals surface area contributed by atoms with E-state index in [1.807, 2.05) is 72.8 Å². The quantitative estimate of drug-likeness (QED) is 0.163. The first kappa shape index (κ1) is 26.5. The van der Waals surface area contributed by atoms with Gasteiger partial charge in [0, 0.05) is 18.2 Å². The zero-order valence-electron chi connectivity index (χ0n) is 22.1. The molecule has 2 aliphatic heterocycles. The number of fused-ring (bicyclic) bond motifs is 2. The van der Waals surface area contributed by atoms with Crippen molar-refractivity contribution in [3.05, 3.63) is 101 Å². The Bertz CT molecular complexity index is 1620. The number of benzene rings is 3. The van der Waals surface area contributed by atoms with E-state index in [0.29, 0.717) is 28.5 Å². The number of aromatic nitrogens is 2.